The largest absolute Gasteiger partial charge is 0.454 e. The maximum atomic E-state index is 6.56. The molecule has 0 bridgehead atoms. The van der Waals surface area contributed by atoms with Crippen LogP contribution in [0.5, 0.6) is 0 Å². The third-order valence-electron chi connectivity index (χ3n) is 12.5. The molecule has 10 aromatic rings. The molecule has 0 amide bonds. The number of furan rings is 1. The van der Waals surface area contributed by atoms with Gasteiger partial charge in [-0.3, -0.25) is 0 Å². The molecule has 0 N–H and O–H groups in total. The van der Waals surface area contributed by atoms with Crippen LogP contribution in [0.3, 0.4) is 0 Å². The van der Waals surface area contributed by atoms with E-state index in [-0.39, 0.29) is 10.8 Å². The van der Waals surface area contributed by atoms with Crippen molar-refractivity contribution in [3.05, 3.63) is 187 Å². The van der Waals surface area contributed by atoms with Crippen LogP contribution in [-0.4, -0.2) is 9.13 Å². The van der Waals surface area contributed by atoms with E-state index in [0.29, 0.717) is 0 Å². The summed E-state index contributed by atoms with van der Waals surface area (Å²) in [5.74, 6) is 0. The van der Waals surface area contributed by atoms with Crippen LogP contribution in [0.1, 0.15) is 58.4 Å². The Morgan fingerprint density at radius 3 is 1.67 bits per heavy atom. The molecule has 0 saturated heterocycles. The third kappa shape index (κ3) is 6.11. The summed E-state index contributed by atoms with van der Waals surface area (Å²) in [6.45, 7) is 20.0. The highest BCUT2D eigenvalue weighted by Crippen LogP contribution is 2.41. The predicted octanol–water partition coefficient (Wildman–Crippen LogP) is 16.2. The molecule has 294 valence electrons. The van der Waals surface area contributed by atoms with E-state index in [9.17, 15) is 0 Å². The molecule has 0 aliphatic rings. The van der Waals surface area contributed by atoms with Crippen molar-refractivity contribution in [3.8, 4) is 33.6 Å². The summed E-state index contributed by atoms with van der Waals surface area (Å²) in [5, 5.41) is 5.96. The van der Waals surface area contributed by atoms with Gasteiger partial charge in [0.25, 0.3) is 0 Å². The molecule has 0 aliphatic carbocycles. The molecular formula is C57H50N2O. The zero-order chi connectivity index (χ0) is 41.5. The standard InChI is InChI=1S/C57H50N2O/c1-9-41(56(3,4)5)34-49-36(2)58(52-33-26-42(35-50(49)52)57(6,7)8)43-27-22-39(23-28-43)37-18-20-38(21-19-37)40-24-29-44(30-25-40)59-51-16-12-10-14-45(51)47-31-32-48-46-15-11-13-17-53(46)60-55(48)54(47)59/h9-35H,1H2,2-8H3/b41-34+. The van der Waals surface area contributed by atoms with Crippen LogP contribution in [-0.2, 0) is 5.41 Å². The highest BCUT2D eigenvalue weighted by atomic mass is 16.3. The Morgan fingerprint density at radius 1 is 0.533 bits per heavy atom. The third-order valence-corrected chi connectivity index (χ3v) is 12.5. The van der Waals surface area contributed by atoms with E-state index in [1.165, 1.54) is 66.3 Å². The van der Waals surface area contributed by atoms with Crippen LogP contribution < -0.4 is 0 Å². The van der Waals surface area contributed by atoms with Gasteiger partial charge in [0, 0.05) is 49.6 Å². The fourth-order valence-electron chi connectivity index (χ4n) is 9.12. The van der Waals surface area contributed by atoms with Crippen LogP contribution in [0.15, 0.2) is 174 Å². The Bertz CT molecular complexity index is 3310. The van der Waals surface area contributed by atoms with Crippen LogP contribution in [0.4, 0.5) is 0 Å². The minimum absolute atomic E-state index is 0.0114. The van der Waals surface area contributed by atoms with Gasteiger partial charge in [-0.1, -0.05) is 151 Å². The van der Waals surface area contributed by atoms with Gasteiger partial charge in [-0.15, -0.1) is 0 Å². The van der Waals surface area contributed by atoms with Crippen LogP contribution in [0.2, 0.25) is 0 Å². The van der Waals surface area contributed by atoms with Gasteiger partial charge in [-0.05, 0) is 112 Å². The topological polar surface area (TPSA) is 23.0 Å². The van der Waals surface area contributed by atoms with Crippen molar-refractivity contribution >= 4 is 60.7 Å². The van der Waals surface area contributed by atoms with E-state index in [4.69, 9.17) is 4.42 Å². The first-order chi connectivity index (χ1) is 28.9. The van der Waals surface area contributed by atoms with Gasteiger partial charge in [0.1, 0.15) is 5.58 Å². The van der Waals surface area contributed by atoms with E-state index in [0.717, 1.165) is 44.3 Å². The lowest BCUT2D eigenvalue weighted by atomic mass is 9.84. The zero-order valence-corrected chi connectivity index (χ0v) is 35.6. The maximum absolute atomic E-state index is 6.56. The fraction of sp³-hybridized carbons (Fsp3) is 0.158. The average molecular weight is 779 g/mol. The molecule has 0 unspecified atom stereocenters. The van der Waals surface area contributed by atoms with Gasteiger partial charge in [-0.25, -0.2) is 0 Å². The molecule has 0 aliphatic heterocycles. The Labute approximate surface area is 352 Å². The fourth-order valence-corrected chi connectivity index (χ4v) is 9.12. The predicted molar refractivity (Wildman–Crippen MR) is 257 cm³/mol. The molecular weight excluding hydrogens is 729 g/mol. The van der Waals surface area contributed by atoms with Gasteiger partial charge in [0.2, 0.25) is 0 Å². The Kier molecular flexibility index (Phi) is 8.66. The van der Waals surface area contributed by atoms with Crippen molar-refractivity contribution in [1.82, 2.24) is 9.13 Å². The normalized spacial score (nSPS) is 12.8. The molecule has 10 rings (SSSR count). The Morgan fingerprint density at radius 2 is 1.07 bits per heavy atom. The molecule has 3 aromatic heterocycles. The number of para-hydroxylation sites is 2. The molecule has 0 fully saturated rings. The average Bonchev–Trinajstić information content (AvgIpc) is 3.89. The number of allylic oxidation sites excluding steroid dienone is 2. The second-order valence-electron chi connectivity index (χ2n) is 18.3. The highest BCUT2D eigenvalue weighted by Gasteiger charge is 2.22. The number of nitrogens with zero attached hydrogens (tertiary/aromatic N) is 2. The minimum atomic E-state index is -0.0114. The summed E-state index contributed by atoms with van der Waals surface area (Å²) in [5.41, 5.74) is 17.4. The molecule has 3 nitrogen and oxygen atoms in total. The molecule has 0 spiro atoms. The van der Waals surface area contributed by atoms with Crippen LogP contribution >= 0.6 is 0 Å². The molecule has 0 atom stereocenters. The highest BCUT2D eigenvalue weighted by molar-refractivity contribution is 6.21. The Balaban J connectivity index is 0.972. The second kappa shape index (κ2) is 13.9. The minimum Gasteiger partial charge on any atom is -0.454 e. The number of aromatic nitrogens is 2. The summed E-state index contributed by atoms with van der Waals surface area (Å²) in [6.07, 6.45) is 4.36. The SMILES string of the molecule is C=C/C(=C\c1c(C)n(-c2ccc(-c3ccc(-c4ccc(-n5c6ccccc6c6ccc7c8ccccc8oc7c65)cc4)cc3)cc2)c2ccc(C(C)(C)C)cc12)C(C)(C)C. The van der Waals surface area contributed by atoms with Crippen molar-refractivity contribution in [1.29, 1.82) is 0 Å². The maximum Gasteiger partial charge on any atom is 0.160 e. The van der Waals surface area contributed by atoms with E-state index < -0.39 is 0 Å². The number of rotatable bonds is 6. The number of benzene rings is 7. The number of fused-ring (bicyclic) bond motifs is 8. The summed E-state index contributed by atoms with van der Waals surface area (Å²) in [4.78, 5) is 0. The monoisotopic (exact) mass is 778 g/mol. The van der Waals surface area contributed by atoms with Gasteiger partial charge in [0.05, 0.1) is 16.6 Å². The number of hydrogen-bond acceptors (Lipinski definition) is 1. The van der Waals surface area contributed by atoms with Crippen molar-refractivity contribution in [3.63, 3.8) is 0 Å². The lowest BCUT2D eigenvalue weighted by molar-refractivity contribution is 0.521. The van der Waals surface area contributed by atoms with Crippen molar-refractivity contribution in [2.45, 2.75) is 53.9 Å². The van der Waals surface area contributed by atoms with E-state index >= 15 is 0 Å². The van der Waals surface area contributed by atoms with Crippen molar-refractivity contribution in [2.75, 3.05) is 0 Å². The molecule has 3 heterocycles. The van der Waals surface area contributed by atoms with E-state index in [1.807, 2.05) is 12.1 Å². The van der Waals surface area contributed by atoms with E-state index in [2.05, 4.69) is 216 Å². The molecule has 3 heteroatoms. The lowest BCUT2D eigenvalue weighted by Gasteiger charge is -2.21. The van der Waals surface area contributed by atoms with Crippen LogP contribution in [0, 0.1) is 12.3 Å². The first-order valence-electron chi connectivity index (χ1n) is 21.0. The molecule has 60 heavy (non-hydrogen) atoms. The smallest absolute Gasteiger partial charge is 0.160 e. The Hall–Kier alpha value is -6.84. The van der Waals surface area contributed by atoms with Crippen molar-refractivity contribution < 1.29 is 4.42 Å². The first kappa shape index (κ1) is 37.4. The van der Waals surface area contributed by atoms with Gasteiger partial charge >= 0.3 is 0 Å². The van der Waals surface area contributed by atoms with Crippen molar-refractivity contribution in [2.24, 2.45) is 5.41 Å². The second-order valence-corrected chi connectivity index (χ2v) is 18.3. The van der Waals surface area contributed by atoms with Gasteiger partial charge < -0.3 is 13.6 Å². The lowest BCUT2D eigenvalue weighted by Crippen LogP contribution is -2.10. The van der Waals surface area contributed by atoms with Gasteiger partial charge in [-0.2, -0.15) is 0 Å². The number of hydrogen-bond donors (Lipinski definition) is 0. The molecule has 0 radical (unpaired) electrons. The molecule has 0 saturated carbocycles. The zero-order valence-electron chi connectivity index (χ0n) is 35.6. The quantitative estimate of drug-likeness (QED) is 0.154. The summed E-state index contributed by atoms with van der Waals surface area (Å²) < 4.78 is 11.3. The summed E-state index contributed by atoms with van der Waals surface area (Å²) in [7, 11) is 0. The summed E-state index contributed by atoms with van der Waals surface area (Å²) in [6, 6.07) is 55.3. The summed E-state index contributed by atoms with van der Waals surface area (Å²) >= 11 is 0. The molecule has 7 aromatic carbocycles. The van der Waals surface area contributed by atoms with E-state index in [1.54, 1.807) is 0 Å². The van der Waals surface area contributed by atoms with Crippen LogP contribution in [0.25, 0.3) is 94.4 Å². The first-order valence-corrected chi connectivity index (χ1v) is 21.0. The van der Waals surface area contributed by atoms with Gasteiger partial charge in [0.15, 0.2) is 5.58 Å².